The Kier molecular flexibility index (Phi) is 6.76. The smallest absolute Gasteiger partial charge is 0.348 e. The van der Waals surface area contributed by atoms with Crippen molar-refractivity contribution in [3.8, 4) is 0 Å². The molecular formula is C20H19IN2O6S. The summed E-state index contributed by atoms with van der Waals surface area (Å²) in [5.41, 5.74) is -0.0461. The SMILES string of the molecule is CCOC(=O)c1sc2c(c1C)c(=O)n(CC(=O)O)c(=O)n2CCc1ccc(I)cc1. The summed E-state index contributed by atoms with van der Waals surface area (Å²) >= 11 is 3.22. The number of ether oxygens (including phenoxy) is 1. The van der Waals surface area contributed by atoms with E-state index in [4.69, 9.17) is 9.84 Å². The van der Waals surface area contributed by atoms with Gasteiger partial charge in [0, 0.05) is 10.1 Å². The van der Waals surface area contributed by atoms with Crippen molar-refractivity contribution in [3.63, 3.8) is 0 Å². The number of carbonyl (C=O) groups is 2. The zero-order valence-electron chi connectivity index (χ0n) is 16.3. The Labute approximate surface area is 188 Å². The third-order valence-electron chi connectivity index (χ3n) is 4.59. The lowest BCUT2D eigenvalue weighted by atomic mass is 10.1. The fourth-order valence-electron chi connectivity index (χ4n) is 3.15. The lowest BCUT2D eigenvalue weighted by molar-refractivity contribution is -0.137. The predicted molar refractivity (Wildman–Crippen MR) is 122 cm³/mol. The van der Waals surface area contributed by atoms with Crippen LogP contribution in [0.25, 0.3) is 10.2 Å². The van der Waals surface area contributed by atoms with Crippen LogP contribution in [0.2, 0.25) is 0 Å². The minimum Gasteiger partial charge on any atom is -0.480 e. The number of fused-ring (bicyclic) bond motifs is 1. The van der Waals surface area contributed by atoms with Gasteiger partial charge in [-0.1, -0.05) is 12.1 Å². The highest BCUT2D eigenvalue weighted by Crippen LogP contribution is 2.28. The number of esters is 1. The number of carboxylic acids is 1. The van der Waals surface area contributed by atoms with Gasteiger partial charge in [-0.05, 0) is 66.1 Å². The lowest BCUT2D eigenvalue weighted by Gasteiger charge is -2.11. The lowest BCUT2D eigenvalue weighted by Crippen LogP contribution is -2.41. The largest absolute Gasteiger partial charge is 0.480 e. The van der Waals surface area contributed by atoms with E-state index in [1.165, 1.54) is 4.57 Å². The standard InChI is InChI=1S/C20H19IN2O6S/c1-3-29-19(27)16-11(2)15-17(26)23(10-14(24)25)20(28)22(18(15)30-16)9-8-12-4-6-13(21)7-5-12/h4-7H,3,8-10H2,1-2H3,(H,24,25). The van der Waals surface area contributed by atoms with E-state index in [0.29, 0.717) is 21.4 Å². The number of nitrogens with zero attached hydrogens (tertiary/aromatic N) is 2. The average molecular weight is 542 g/mol. The monoisotopic (exact) mass is 542 g/mol. The molecule has 2 heterocycles. The van der Waals surface area contributed by atoms with Crippen LogP contribution in [0.4, 0.5) is 0 Å². The van der Waals surface area contributed by atoms with Crippen LogP contribution in [0.1, 0.15) is 27.7 Å². The molecule has 0 saturated heterocycles. The number of aryl methyl sites for hydroxylation is 3. The third kappa shape index (κ3) is 4.33. The van der Waals surface area contributed by atoms with Crippen LogP contribution in [-0.2, 0) is 29.0 Å². The van der Waals surface area contributed by atoms with Gasteiger partial charge in [0.15, 0.2) is 0 Å². The van der Waals surface area contributed by atoms with Crippen LogP contribution in [0.15, 0.2) is 33.9 Å². The number of rotatable bonds is 7. The molecule has 0 aliphatic carbocycles. The van der Waals surface area contributed by atoms with Gasteiger partial charge < -0.3 is 9.84 Å². The van der Waals surface area contributed by atoms with E-state index < -0.39 is 29.7 Å². The average Bonchev–Trinajstić information content (AvgIpc) is 3.04. The van der Waals surface area contributed by atoms with Gasteiger partial charge in [-0.2, -0.15) is 0 Å². The summed E-state index contributed by atoms with van der Waals surface area (Å²) in [6, 6.07) is 7.80. The molecule has 0 unspecified atom stereocenters. The highest BCUT2D eigenvalue weighted by Gasteiger charge is 2.24. The highest BCUT2D eigenvalue weighted by atomic mass is 127. The zero-order chi connectivity index (χ0) is 22.0. The summed E-state index contributed by atoms with van der Waals surface area (Å²) in [4.78, 5) is 50.0. The summed E-state index contributed by atoms with van der Waals surface area (Å²) in [6.07, 6.45) is 0.503. The van der Waals surface area contributed by atoms with E-state index in [0.717, 1.165) is 20.5 Å². The van der Waals surface area contributed by atoms with Crippen molar-refractivity contribution in [1.29, 1.82) is 0 Å². The van der Waals surface area contributed by atoms with Crippen LogP contribution >= 0.6 is 33.9 Å². The predicted octanol–water partition coefficient (Wildman–Crippen LogP) is 2.64. The fraction of sp³-hybridized carbons (Fsp3) is 0.300. The first-order chi connectivity index (χ1) is 14.2. The van der Waals surface area contributed by atoms with Gasteiger partial charge in [-0.25, -0.2) is 14.2 Å². The first kappa shape index (κ1) is 22.2. The van der Waals surface area contributed by atoms with Gasteiger partial charge in [0.2, 0.25) is 0 Å². The first-order valence-electron chi connectivity index (χ1n) is 9.14. The maximum absolute atomic E-state index is 13.0. The number of halogens is 1. The molecule has 0 bridgehead atoms. The van der Waals surface area contributed by atoms with Crippen molar-refractivity contribution in [2.75, 3.05) is 6.61 Å². The van der Waals surface area contributed by atoms with E-state index in [9.17, 15) is 19.2 Å². The van der Waals surface area contributed by atoms with Gasteiger partial charge in [0.05, 0.1) is 12.0 Å². The molecule has 1 aromatic carbocycles. The van der Waals surface area contributed by atoms with Crippen molar-refractivity contribution in [1.82, 2.24) is 9.13 Å². The molecule has 3 rings (SSSR count). The van der Waals surface area contributed by atoms with Crippen LogP contribution in [0.3, 0.4) is 0 Å². The second-order valence-electron chi connectivity index (χ2n) is 6.55. The van der Waals surface area contributed by atoms with E-state index in [-0.39, 0.29) is 23.4 Å². The van der Waals surface area contributed by atoms with Crippen LogP contribution < -0.4 is 11.2 Å². The number of carboxylic acid groups (broad SMARTS) is 1. The minimum atomic E-state index is -1.30. The van der Waals surface area contributed by atoms with Crippen molar-refractivity contribution < 1.29 is 19.4 Å². The number of aliphatic carboxylic acids is 1. The van der Waals surface area contributed by atoms with Crippen molar-refractivity contribution in [2.24, 2.45) is 0 Å². The maximum Gasteiger partial charge on any atom is 0.348 e. The molecule has 1 N–H and O–H groups in total. The van der Waals surface area contributed by atoms with E-state index in [2.05, 4.69) is 22.6 Å². The molecule has 10 heteroatoms. The fourth-order valence-corrected chi connectivity index (χ4v) is 4.72. The van der Waals surface area contributed by atoms with Crippen molar-refractivity contribution >= 4 is 56.1 Å². The van der Waals surface area contributed by atoms with Gasteiger partial charge in [-0.15, -0.1) is 11.3 Å². The van der Waals surface area contributed by atoms with Gasteiger partial charge in [0.25, 0.3) is 5.56 Å². The molecule has 8 nitrogen and oxygen atoms in total. The Morgan fingerprint density at radius 2 is 1.83 bits per heavy atom. The summed E-state index contributed by atoms with van der Waals surface area (Å²) in [6.45, 7) is 2.94. The summed E-state index contributed by atoms with van der Waals surface area (Å²) in [5, 5.41) is 9.34. The molecule has 0 spiro atoms. The van der Waals surface area contributed by atoms with Crippen LogP contribution in [0.5, 0.6) is 0 Å². The molecule has 0 atom stereocenters. The van der Waals surface area contributed by atoms with Crippen LogP contribution in [-0.4, -0.2) is 32.8 Å². The molecule has 2 aromatic heterocycles. The Balaban J connectivity index is 2.19. The number of thiophene rings is 1. The summed E-state index contributed by atoms with van der Waals surface area (Å²) in [7, 11) is 0. The second-order valence-corrected chi connectivity index (χ2v) is 8.80. The molecule has 0 amide bonds. The normalized spacial score (nSPS) is 11.0. The number of aromatic nitrogens is 2. The molecule has 0 aliphatic rings. The van der Waals surface area contributed by atoms with Crippen molar-refractivity contribution in [3.05, 3.63) is 64.7 Å². The summed E-state index contributed by atoms with van der Waals surface area (Å²) in [5.74, 6) is -1.87. The second kappa shape index (κ2) is 9.13. The van der Waals surface area contributed by atoms with E-state index in [1.807, 2.05) is 24.3 Å². The maximum atomic E-state index is 13.0. The topological polar surface area (TPSA) is 108 Å². The molecule has 30 heavy (non-hydrogen) atoms. The first-order valence-corrected chi connectivity index (χ1v) is 11.0. The Bertz CT molecular complexity index is 1240. The van der Waals surface area contributed by atoms with Crippen LogP contribution in [0, 0.1) is 10.5 Å². The molecule has 158 valence electrons. The molecule has 0 aliphatic heterocycles. The number of hydrogen-bond donors (Lipinski definition) is 1. The van der Waals surface area contributed by atoms with E-state index >= 15 is 0 Å². The molecule has 0 fully saturated rings. The Hall–Kier alpha value is -2.47. The minimum absolute atomic E-state index is 0.173. The number of hydrogen-bond acceptors (Lipinski definition) is 6. The van der Waals surface area contributed by atoms with Gasteiger partial charge >= 0.3 is 17.6 Å². The molecular weight excluding hydrogens is 523 g/mol. The third-order valence-corrected chi connectivity index (χ3v) is 6.60. The number of carbonyl (C=O) groups excluding carboxylic acids is 1. The number of benzene rings is 1. The quantitative estimate of drug-likeness (QED) is 0.364. The van der Waals surface area contributed by atoms with Gasteiger partial charge in [-0.3, -0.25) is 14.2 Å². The Morgan fingerprint density at radius 3 is 2.43 bits per heavy atom. The zero-order valence-corrected chi connectivity index (χ0v) is 19.3. The molecule has 0 saturated carbocycles. The van der Waals surface area contributed by atoms with Gasteiger partial charge in [0.1, 0.15) is 16.3 Å². The Morgan fingerprint density at radius 1 is 1.17 bits per heavy atom. The molecule has 3 aromatic rings. The highest BCUT2D eigenvalue weighted by molar-refractivity contribution is 14.1. The van der Waals surface area contributed by atoms with E-state index in [1.54, 1.807) is 13.8 Å². The van der Waals surface area contributed by atoms with Crippen molar-refractivity contribution in [2.45, 2.75) is 33.4 Å². The summed E-state index contributed by atoms with van der Waals surface area (Å²) < 4.78 is 8.22. The molecule has 0 radical (unpaired) electrons.